The number of rotatable bonds is 3. The van der Waals surface area contributed by atoms with E-state index in [9.17, 15) is 13.2 Å². The summed E-state index contributed by atoms with van der Waals surface area (Å²) >= 11 is 0. The van der Waals surface area contributed by atoms with Crippen LogP contribution in [0.15, 0.2) is 0 Å². The number of likely N-dealkylation sites (tertiary alicyclic amines) is 1. The molecule has 3 aliphatic heterocycles. The van der Waals surface area contributed by atoms with Gasteiger partial charge in [-0.1, -0.05) is 6.42 Å². The molecule has 0 radical (unpaired) electrons. The summed E-state index contributed by atoms with van der Waals surface area (Å²) in [5.74, 6) is 0. The highest BCUT2D eigenvalue weighted by Crippen LogP contribution is 2.28. The van der Waals surface area contributed by atoms with Crippen molar-refractivity contribution in [2.24, 2.45) is 0 Å². The largest absolute Gasteiger partial charge is 0.401 e. The van der Waals surface area contributed by atoms with Crippen LogP contribution in [0.3, 0.4) is 0 Å². The molecule has 3 aliphatic rings. The van der Waals surface area contributed by atoms with Crippen LogP contribution >= 0.6 is 0 Å². The van der Waals surface area contributed by atoms with Gasteiger partial charge in [-0.15, -0.1) is 0 Å². The van der Waals surface area contributed by atoms with Crippen LogP contribution in [-0.2, 0) is 0 Å². The minimum absolute atomic E-state index is 0.240. The van der Waals surface area contributed by atoms with Crippen LogP contribution in [0.5, 0.6) is 0 Å². The van der Waals surface area contributed by atoms with Crippen LogP contribution in [0.25, 0.3) is 0 Å². The fourth-order valence-corrected chi connectivity index (χ4v) is 4.11. The first-order chi connectivity index (χ1) is 9.51. The standard InChI is InChI=1S/C14H24F3N3/c15-14(16,17)10-19-7-4-11(9-19)18-12-5-8-20-6-2-1-3-13(12)20/h11-13,18H,1-10H2/t11-,12-,13+/m0/s1. The molecule has 3 saturated heterocycles. The summed E-state index contributed by atoms with van der Waals surface area (Å²) in [6, 6.07) is 1.36. The van der Waals surface area contributed by atoms with E-state index >= 15 is 0 Å². The van der Waals surface area contributed by atoms with Gasteiger partial charge in [0, 0.05) is 37.8 Å². The molecule has 3 fully saturated rings. The van der Waals surface area contributed by atoms with E-state index in [0.29, 0.717) is 25.2 Å². The lowest BCUT2D eigenvalue weighted by molar-refractivity contribution is -0.143. The van der Waals surface area contributed by atoms with Crippen LogP contribution in [0, 0.1) is 0 Å². The zero-order valence-corrected chi connectivity index (χ0v) is 11.8. The van der Waals surface area contributed by atoms with E-state index in [1.807, 2.05) is 0 Å². The number of piperidine rings is 1. The maximum atomic E-state index is 12.4. The fourth-order valence-electron chi connectivity index (χ4n) is 4.11. The molecule has 3 atom stereocenters. The first-order valence-corrected chi connectivity index (χ1v) is 7.80. The van der Waals surface area contributed by atoms with Gasteiger partial charge in [0.15, 0.2) is 0 Å². The normalized spacial score (nSPS) is 36.5. The minimum Gasteiger partial charge on any atom is -0.308 e. The van der Waals surface area contributed by atoms with E-state index in [1.54, 1.807) is 0 Å². The molecule has 6 heteroatoms. The second-order valence-electron chi connectivity index (χ2n) is 6.50. The molecule has 0 bridgehead atoms. The van der Waals surface area contributed by atoms with Gasteiger partial charge in [-0.2, -0.15) is 13.2 Å². The smallest absolute Gasteiger partial charge is 0.308 e. The van der Waals surface area contributed by atoms with Crippen molar-refractivity contribution in [3.8, 4) is 0 Å². The lowest BCUT2D eigenvalue weighted by atomic mass is 9.98. The van der Waals surface area contributed by atoms with E-state index in [-0.39, 0.29) is 6.04 Å². The third-order valence-corrected chi connectivity index (χ3v) is 4.98. The summed E-state index contributed by atoms with van der Waals surface area (Å²) in [5, 5.41) is 3.64. The Morgan fingerprint density at radius 2 is 1.85 bits per heavy atom. The Labute approximate surface area is 118 Å². The molecule has 3 rings (SSSR count). The van der Waals surface area contributed by atoms with Gasteiger partial charge in [0.1, 0.15) is 0 Å². The second-order valence-corrected chi connectivity index (χ2v) is 6.50. The Kier molecular flexibility index (Phi) is 4.24. The van der Waals surface area contributed by atoms with Gasteiger partial charge in [-0.25, -0.2) is 0 Å². The number of hydrogen-bond donors (Lipinski definition) is 1. The summed E-state index contributed by atoms with van der Waals surface area (Å²) in [7, 11) is 0. The molecule has 20 heavy (non-hydrogen) atoms. The highest BCUT2D eigenvalue weighted by atomic mass is 19.4. The number of nitrogens with zero attached hydrogens (tertiary/aromatic N) is 2. The number of fused-ring (bicyclic) bond motifs is 1. The minimum atomic E-state index is -4.07. The summed E-state index contributed by atoms with van der Waals surface area (Å²) < 4.78 is 37.2. The molecule has 116 valence electrons. The second kappa shape index (κ2) is 5.81. The molecule has 0 aliphatic carbocycles. The Morgan fingerprint density at radius 3 is 2.65 bits per heavy atom. The Hall–Kier alpha value is -0.330. The van der Waals surface area contributed by atoms with Gasteiger partial charge in [0.2, 0.25) is 0 Å². The third kappa shape index (κ3) is 3.46. The van der Waals surface area contributed by atoms with Crippen molar-refractivity contribution in [3.05, 3.63) is 0 Å². The summed E-state index contributed by atoms with van der Waals surface area (Å²) in [5.41, 5.74) is 0. The highest BCUT2D eigenvalue weighted by Gasteiger charge is 2.39. The molecular weight excluding hydrogens is 267 g/mol. The van der Waals surface area contributed by atoms with Crippen molar-refractivity contribution >= 4 is 0 Å². The number of alkyl halides is 3. The Bertz CT molecular complexity index is 334. The van der Waals surface area contributed by atoms with Crippen LogP contribution in [-0.4, -0.2) is 66.8 Å². The van der Waals surface area contributed by atoms with Gasteiger partial charge in [-0.3, -0.25) is 9.80 Å². The van der Waals surface area contributed by atoms with Crippen LogP contribution in [0.4, 0.5) is 13.2 Å². The topological polar surface area (TPSA) is 18.5 Å². The number of halogens is 3. The SMILES string of the molecule is FC(F)(F)CN1CC[C@H](N[C@H]2CCN3CCCC[C@H]23)C1. The molecule has 3 heterocycles. The van der Waals surface area contributed by atoms with Gasteiger partial charge < -0.3 is 5.32 Å². The van der Waals surface area contributed by atoms with Crippen molar-refractivity contribution in [3.63, 3.8) is 0 Å². The zero-order chi connectivity index (χ0) is 14.2. The Morgan fingerprint density at radius 1 is 1.00 bits per heavy atom. The molecule has 0 aromatic carbocycles. The lowest BCUT2D eigenvalue weighted by Crippen LogP contribution is -2.49. The van der Waals surface area contributed by atoms with E-state index in [4.69, 9.17) is 0 Å². The van der Waals surface area contributed by atoms with Crippen LogP contribution < -0.4 is 5.32 Å². The van der Waals surface area contributed by atoms with Crippen LogP contribution in [0.2, 0.25) is 0 Å². The van der Waals surface area contributed by atoms with Gasteiger partial charge in [0.25, 0.3) is 0 Å². The predicted molar refractivity (Wildman–Crippen MR) is 71.7 cm³/mol. The maximum Gasteiger partial charge on any atom is 0.401 e. The van der Waals surface area contributed by atoms with E-state index in [2.05, 4.69) is 10.2 Å². The van der Waals surface area contributed by atoms with Gasteiger partial charge >= 0.3 is 6.18 Å². The first-order valence-electron chi connectivity index (χ1n) is 7.80. The molecule has 0 spiro atoms. The molecular formula is C14H24F3N3. The van der Waals surface area contributed by atoms with Crippen molar-refractivity contribution in [2.45, 2.75) is 56.4 Å². The van der Waals surface area contributed by atoms with E-state index in [0.717, 1.165) is 19.4 Å². The first kappa shape index (κ1) is 14.6. The van der Waals surface area contributed by atoms with Gasteiger partial charge in [-0.05, 0) is 32.2 Å². The average molecular weight is 291 g/mol. The zero-order valence-electron chi connectivity index (χ0n) is 11.8. The van der Waals surface area contributed by atoms with Crippen molar-refractivity contribution in [1.29, 1.82) is 0 Å². The number of hydrogen-bond acceptors (Lipinski definition) is 3. The molecule has 0 unspecified atom stereocenters. The quantitative estimate of drug-likeness (QED) is 0.856. The van der Waals surface area contributed by atoms with E-state index < -0.39 is 12.7 Å². The molecule has 3 nitrogen and oxygen atoms in total. The van der Waals surface area contributed by atoms with E-state index in [1.165, 1.54) is 30.7 Å². The molecule has 1 N–H and O–H groups in total. The van der Waals surface area contributed by atoms with Crippen molar-refractivity contribution in [2.75, 3.05) is 32.7 Å². The number of nitrogens with one attached hydrogen (secondary N) is 1. The maximum absolute atomic E-state index is 12.4. The highest BCUT2D eigenvalue weighted by molar-refractivity contribution is 4.96. The summed E-state index contributed by atoms with van der Waals surface area (Å²) in [6.45, 7) is 2.71. The Balaban J connectivity index is 1.47. The fraction of sp³-hybridized carbons (Fsp3) is 1.00. The van der Waals surface area contributed by atoms with Crippen LogP contribution in [0.1, 0.15) is 32.1 Å². The molecule has 0 aromatic rings. The summed E-state index contributed by atoms with van der Waals surface area (Å²) in [6.07, 6.45) is 1.77. The lowest BCUT2D eigenvalue weighted by Gasteiger charge is -2.33. The molecule has 0 amide bonds. The van der Waals surface area contributed by atoms with Gasteiger partial charge in [0.05, 0.1) is 6.54 Å². The van der Waals surface area contributed by atoms with Crippen molar-refractivity contribution < 1.29 is 13.2 Å². The molecule has 0 aromatic heterocycles. The monoisotopic (exact) mass is 291 g/mol. The average Bonchev–Trinajstić information content (AvgIpc) is 2.96. The molecule has 0 saturated carbocycles. The predicted octanol–water partition coefficient (Wildman–Crippen LogP) is 1.84. The third-order valence-electron chi connectivity index (χ3n) is 4.98. The van der Waals surface area contributed by atoms with Crippen molar-refractivity contribution in [1.82, 2.24) is 15.1 Å². The summed E-state index contributed by atoms with van der Waals surface area (Å²) in [4.78, 5) is 4.09.